The zero-order valence-electron chi connectivity index (χ0n) is 14.9. The van der Waals surface area contributed by atoms with Crippen LogP contribution in [0, 0.1) is 6.92 Å². The molecule has 0 radical (unpaired) electrons. The van der Waals surface area contributed by atoms with E-state index in [-0.39, 0.29) is 11.5 Å². The highest BCUT2D eigenvalue weighted by atomic mass is 35.5. The summed E-state index contributed by atoms with van der Waals surface area (Å²) in [7, 11) is 0. The van der Waals surface area contributed by atoms with E-state index in [0.717, 1.165) is 44.2 Å². The number of benzene rings is 2. The molecule has 4 rings (SSSR count). The fourth-order valence-corrected chi connectivity index (χ4v) is 4.30. The van der Waals surface area contributed by atoms with Crippen LogP contribution < -0.4 is 11.5 Å². The van der Waals surface area contributed by atoms with Crippen LogP contribution in [0.25, 0.3) is 10.9 Å². The molecule has 0 fully saturated rings. The number of hydrogen-bond acceptors (Lipinski definition) is 6. The summed E-state index contributed by atoms with van der Waals surface area (Å²) in [6.45, 7) is 2.57. The smallest absolute Gasteiger partial charge is 0.147 e. The van der Waals surface area contributed by atoms with E-state index in [2.05, 4.69) is 16.3 Å². The molecule has 0 bridgehead atoms. The number of aryl methyl sites for hydroxylation is 1. The van der Waals surface area contributed by atoms with E-state index in [1.54, 1.807) is 11.8 Å². The normalized spacial score (nSPS) is 18.1. The number of nitrogens with two attached hydrogens (primary N) is 2. The molecule has 0 saturated heterocycles. The Morgan fingerprint density at radius 3 is 2.96 bits per heavy atom. The molecule has 2 heterocycles. The van der Waals surface area contributed by atoms with E-state index >= 15 is 0 Å². The quantitative estimate of drug-likeness (QED) is 0.611. The minimum absolute atomic E-state index is 0.0863. The summed E-state index contributed by atoms with van der Waals surface area (Å²) >= 11 is 7.59. The average Bonchev–Trinajstić information content (AvgIpc) is 3.18. The van der Waals surface area contributed by atoms with Crippen molar-refractivity contribution in [2.45, 2.75) is 24.9 Å². The van der Waals surface area contributed by atoms with Crippen LogP contribution in [0.2, 0.25) is 5.02 Å². The Morgan fingerprint density at radius 1 is 1.30 bits per heavy atom. The molecule has 140 valence electrons. The van der Waals surface area contributed by atoms with Gasteiger partial charge < -0.3 is 11.5 Å². The first-order chi connectivity index (χ1) is 13.0. The van der Waals surface area contributed by atoms with Crippen molar-refractivity contribution >= 4 is 39.3 Å². The lowest BCUT2D eigenvalue weighted by molar-refractivity contribution is 0.261. The lowest BCUT2D eigenvalue weighted by atomic mass is 10.1. The monoisotopic (exact) mass is 400 g/mol. The second-order valence-electron chi connectivity index (χ2n) is 6.70. The first-order valence-corrected chi connectivity index (χ1v) is 9.98. The van der Waals surface area contributed by atoms with Gasteiger partial charge in [-0.05, 0) is 43.2 Å². The van der Waals surface area contributed by atoms with Crippen molar-refractivity contribution in [2.24, 2.45) is 16.6 Å². The Hall–Kier alpha value is -2.06. The van der Waals surface area contributed by atoms with Gasteiger partial charge in [0.25, 0.3) is 0 Å². The molecule has 6 nitrogen and oxygen atoms in total. The van der Waals surface area contributed by atoms with Crippen molar-refractivity contribution in [2.75, 3.05) is 6.54 Å². The average molecular weight is 401 g/mol. The number of nitrogens with one attached hydrogen (secondary N) is 1. The number of hydrogen-bond donors (Lipinski definition) is 3. The van der Waals surface area contributed by atoms with Crippen LogP contribution in [-0.4, -0.2) is 38.3 Å². The molecule has 8 heteroatoms. The highest BCUT2D eigenvalue weighted by molar-refractivity contribution is 8.15. The van der Waals surface area contributed by atoms with Crippen molar-refractivity contribution in [3.63, 3.8) is 0 Å². The van der Waals surface area contributed by atoms with Gasteiger partial charge in [-0.2, -0.15) is 10.2 Å². The Balaban J connectivity index is 1.48. The van der Waals surface area contributed by atoms with Crippen molar-refractivity contribution in [3.8, 4) is 0 Å². The van der Waals surface area contributed by atoms with Gasteiger partial charge in [0.05, 0.1) is 17.8 Å². The maximum atomic E-state index is 6.33. The number of fused-ring (bicyclic) bond motifs is 1. The lowest BCUT2D eigenvalue weighted by Crippen LogP contribution is -2.42. The van der Waals surface area contributed by atoms with E-state index in [4.69, 9.17) is 28.2 Å². The van der Waals surface area contributed by atoms with Crippen LogP contribution in [0.15, 0.2) is 47.6 Å². The summed E-state index contributed by atoms with van der Waals surface area (Å²) in [6.07, 6.45) is 0.722. The van der Waals surface area contributed by atoms with Gasteiger partial charge in [-0.25, -0.2) is 0 Å². The van der Waals surface area contributed by atoms with E-state index in [1.807, 2.05) is 48.3 Å². The van der Waals surface area contributed by atoms with Crippen molar-refractivity contribution in [3.05, 3.63) is 64.3 Å². The van der Waals surface area contributed by atoms with Gasteiger partial charge >= 0.3 is 0 Å². The van der Waals surface area contributed by atoms with E-state index in [0.29, 0.717) is 6.54 Å². The fourth-order valence-electron chi connectivity index (χ4n) is 3.19. The van der Waals surface area contributed by atoms with Gasteiger partial charge in [-0.3, -0.25) is 10.1 Å². The SMILES string of the molecule is Cc1n[nH]c2ccc(C3=NN(C[C@H](N)Cc4cccc(Cl)c4)C(N)S3)cc12. The van der Waals surface area contributed by atoms with Gasteiger partial charge in [0.2, 0.25) is 0 Å². The van der Waals surface area contributed by atoms with Crippen LogP contribution in [0.1, 0.15) is 16.8 Å². The van der Waals surface area contributed by atoms with E-state index < -0.39 is 0 Å². The molecule has 1 aliphatic rings. The molecule has 3 aromatic rings. The van der Waals surface area contributed by atoms with Gasteiger partial charge in [0, 0.05) is 22.0 Å². The number of aromatic nitrogens is 2. The molecule has 0 aliphatic carbocycles. The second kappa shape index (κ2) is 7.52. The number of thioether (sulfide) groups is 1. The summed E-state index contributed by atoms with van der Waals surface area (Å²) in [5.74, 6) is 0. The number of hydrazone groups is 1. The molecular weight excluding hydrogens is 380 g/mol. The lowest BCUT2D eigenvalue weighted by Gasteiger charge is -2.22. The molecule has 0 spiro atoms. The predicted octanol–water partition coefficient (Wildman–Crippen LogP) is 3.05. The standard InChI is InChI=1S/C19H21ClN6S/c1-11-16-9-13(5-6-17(16)24-23-11)18-25-26(19(22)27-18)10-15(21)8-12-3-2-4-14(20)7-12/h2-7,9,15,19H,8,10,21-22H2,1H3,(H,23,24)/t15-,19?/m1/s1. The summed E-state index contributed by atoms with van der Waals surface area (Å²) in [5, 5.41) is 16.6. The maximum absolute atomic E-state index is 6.33. The molecular formula is C19H21ClN6S. The highest BCUT2D eigenvalue weighted by Gasteiger charge is 2.26. The van der Waals surface area contributed by atoms with E-state index in [9.17, 15) is 0 Å². The van der Waals surface area contributed by atoms with Crippen LogP contribution in [0.4, 0.5) is 0 Å². The number of nitrogens with zero attached hydrogens (tertiary/aromatic N) is 3. The topological polar surface area (TPSA) is 96.3 Å². The van der Waals surface area contributed by atoms with Crippen LogP contribution in [0.3, 0.4) is 0 Å². The summed E-state index contributed by atoms with van der Waals surface area (Å²) in [4.78, 5) is 0. The molecule has 0 amide bonds. The molecule has 0 saturated carbocycles. The largest absolute Gasteiger partial charge is 0.326 e. The molecule has 1 unspecified atom stereocenters. The van der Waals surface area contributed by atoms with Crippen LogP contribution >= 0.6 is 23.4 Å². The van der Waals surface area contributed by atoms with Crippen LogP contribution in [-0.2, 0) is 6.42 Å². The van der Waals surface area contributed by atoms with Crippen LogP contribution in [0.5, 0.6) is 0 Å². The van der Waals surface area contributed by atoms with Gasteiger partial charge in [0.15, 0.2) is 0 Å². The first-order valence-electron chi connectivity index (χ1n) is 8.72. The van der Waals surface area contributed by atoms with Crippen molar-refractivity contribution < 1.29 is 0 Å². The Morgan fingerprint density at radius 2 is 2.15 bits per heavy atom. The third-order valence-corrected chi connectivity index (χ3v) is 5.81. The molecule has 27 heavy (non-hydrogen) atoms. The fraction of sp³-hybridized carbons (Fsp3) is 0.263. The summed E-state index contributed by atoms with van der Waals surface area (Å²) in [6, 6.07) is 13.8. The van der Waals surface area contributed by atoms with Gasteiger partial charge in [-0.1, -0.05) is 41.6 Å². The molecule has 5 N–H and O–H groups in total. The third-order valence-electron chi connectivity index (χ3n) is 4.55. The molecule has 1 aliphatic heterocycles. The predicted molar refractivity (Wildman–Crippen MR) is 113 cm³/mol. The second-order valence-corrected chi connectivity index (χ2v) is 8.24. The number of H-pyrrole nitrogens is 1. The summed E-state index contributed by atoms with van der Waals surface area (Å²) < 4.78 is 0. The maximum Gasteiger partial charge on any atom is 0.147 e. The Kier molecular flexibility index (Phi) is 5.10. The number of rotatable bonds is 5. The number of halogens is 1. The Bertz CT molecular complexity index is 1000. The Labute approximate surface area is 166 Å². The van der Waals surface area contributed by atoms with Crippen molar-refractivity contribution in [1.29, 1.82) is 0 Å². The van der Waals surface area contributed by atoms with Gasteiger partial charge in [-0.15, -0.1) is 0 Å². The zero-order chi connectivity index (χ0) is 19.0. The van der Waals surface area contributed by atoms with Gasteiger partial charge in [0.1, 0.15) is 10.5 Å². The highest BCUT2D eigenvalue weighted by Crippen LogP contribution is 2.29. The minimum atomic E-state index is -0.244. The molecule has 2 aromatic carbocycles. The zero-order valence-corrected chi connectivity index (χ0v) is 16.5. The van der Waals surface area contributed by atoms with Crippen molar-refractivity contribution in [1.82, 2.24) is 15.2 Å². The van der Waals surface area contributed by atoms with E-state index in [1.165, 1.54) is 0 Å². The third kappa shape index (κ3) is 3.96. The number of aromatic amines is 1. The molecule has 1 aromatic heterocycles. The summed E-state index contributed by atoms with van der Waals surface area (Å²) in [5.41, 5.74) is 16.5. The minimum Gasteiger partial charge on any atom is -0.326 e. The first kappa shape index (κ1) is 18.3. The molecule has 2 atom stereocenters.